The van der Waals surface area contributed by atoms with Gasteiger partial charge in [0.15, 0.2) is 0 Å². The van der Waals surface area contributed by atoms with Gasteiger partial charge in [0.25, 0.3) is 0 Å². The van der Waals surface area contributed by atoms with E-state index in [0.29, 0.717) is 5.92 Å². The average Bonchev–Trinajstić information content (AvgIpc) is 3.11. The molecule has 4 atom stereocenters. The van der Waals surface area contributed by atoms with Gasteiger partial charge in [0.2, 0.25) is 11.8 Å². The van der Waals surface area contributed by atoms with Gasteiger partial charge in [-0.3, -0.25) is 9.59 Å². The van der Waals surface area contributed by atoms with Crippen molar-refractivity contribution in [3.63, 3.8) is 0 Å². The van der Waals surface area contributed by atoms with Crippen molar-refractivity contribution < 1.29 is 19.4 Å². The van der Waals surface area contributed by atoms with Gasteiger partial charge in [-0.25, -0.2) is 4.68 Å². The van der Waals surface area contributed by atoms with E-state index in [-0.39, 0.29) is 42.3 Å². The van der Waals surface area contributed by atoms with Crippen LogP contribution in [0.2, 0.25) is 0 Å². The van der Waals surface area contributed by atoms with Gasteiger partial charge in [-0.1, -0.05) is 26.0 Å². The Morgan fingerprint density at radius 3 is 2.61 bits per heavy atom. The molecule has 4 aliphatic rings. The summed E-state index contributed by atoms with van der Waals surface area (Å²) >= 11 is 0. The molecule has 1 unspecified atom stereocenters. The van der Waals surface area contributed by atoms with E-state index < -0.39 is 23.6 Å². The molecule has 2 saturated carbocycles. The lowest BCUT2D eigenvalue weighted by atomic mass is 9.64. The molecule has 1 aromatic heterocycles. The second-order valence-corrected chi connectivity index (χ2v) is 12.0. The summed E-state index contributed by atoms with van der Waals surface area (Å²) < 4.78 is 7.39. The third kappa shape index (κ3) is 4.41. The molecule has 3 heterocycles. The maximum absolute atomic E-state index is 13.8. The molecule has 2 amide bonds. The second kappa shape index (κ2) is 8.05. The zero-order valence-corrected chi connectivity index (χ0v) is 20.2. The molecule has 5 rings (SSSR count). The van der Waals surface area contributed by atoms with E-state index in [1.54, 1.807) is 9.58 Å². The van der Waals surface area contributed by atoms with Crippen molar-refractivity contribution in [3.8, 4) is 0 Å². The lowest BCUT2D eigenvalue weighted by Gasteiger charge is -2.45. The van der Waals surface area contributed by atoms with Crippen LogP contribution >= 0.6 is 0 Å². The number of hydrogen-bond donors (Lipinski definition) is 2. The number of ether oxygens (including phenoxy) is 1. The highest BCUT2D eigenvalue weighted by Gasteiger charge is 2.51. The molecule has 0 bridgehead atoms. The van der Waals surface area contributed by atoms with Crippen LogP contribution in [0.1, 0.15) is 83.9 Å². The number of rotatable bonds is 5. The van der Waals surface area contributed by atoms with Crippen molar-refractivity contribution in [1.82, 2.24) is 25.2 Å². The zero-order chi connectivity index (χ0) is 23.5. The van der Waals surface area contributed by atoms with Gasteiger partial charge >= 0.3 is 0 Å². The fourth-order valence-electron chi connectivity index (χ4n) is 6.04. The summed E-state index contributed by atoms with van der Waals surface area (Å²) in [6.07, 6.45) is 6.82. The maximum atomic E-state index is 13.8. The fourth-order valence-corrected chi connectivity index (χ4v) is 6.04. The van der Waals surface area contributed by atoms with Crippen LogP contribution in [-0.2, 0) is 14.3 Å². The van der Waals surface area contributed by atoms with Crippen LogP contribution in [-0.4, -0.2) is 74.3 Å². The van der Waals surface area contributed by atoms with E-state index in [1.165, 1.54) is 0 Å². The molecular formula is C24H37N5O4. The van der Waals surface area contributed by atoms with Crippen molar-refractivity contribution in [3.05, 3.63) is 11.9 Å². The summed E-state index contributed by atoms with van der Waals surface area (Å²) in [4.78, 5) is 28.6. The number of aliphatic hydroxyl groups is 1. The van der Waals surface area contributed by atoms with Gasteiger partial charge in [-0.2, -0.15) is 0 Å². The smallest absolute Gasteiger partial charge is 0.248 e. The highest BCUT2D eigenvalue weighted by Crippen LogP contribution is 2.49. The van der Waals surface area contributed by atoms with E-state index in [9.17, 15) is 14.7 Å². The highest BCUT2D eigenvalue weighted by atomic mass is 16.5. The Hall–Kier alpha value is -2.00. The summed E-state index contributed by atoms with van der Waals surface area (Å²) in [5.41, 5.74) is 0.697. The maximum Gasteiger partial charge on any atom is 0.248 e. The quantitative estimate of drug-likeness (QED) is 0.695. The number of aliphatic hydroxyl groups excluding tert-OH is 1. The highest BCUT2D eigenvalue weighted by molar-refractivity contribution is 5.90. The van der Waals surface area contributed by atoms with Crippen molar-refractivity contribution in [2.24, 2.45) is 10.8 Å². The van der Waals surface area contributed by atoms with Gasteiger partial charge in [0.1, 0.15) is 12.1 Å². The summed E-state index contributed by atoms with van der Waals surface area (Å²) in [5, 5.41) is 22.1. The normalized spacial score (nSPS) is 35.0. The van der Waals surface area contributed by atoms with Crippen LogP contribution in [0.5, 0.6) is 0 Å². The summed E-state index contributed by atoms with van der Waals surface area (Å²) in [6.45, 7) is 9.00. The number of carbonyl (C=O) groups is 2. The number of likely N-dealkylation sites (tertiary alicyclic amines) is 1. The van der Waals surface area contributed by atoms with Gasteiger partial charge < -0.3 is 20.1 Å². The van der Waals surface area contributed by atoms with E-state index in [1.807, 2.05) is 27.0 Å². The Morgan fingerprint density at radius 2 is 2.00 bits per heavy atom. The number of amides is 2. The van der Waals surface area contributed by atoms with Crippen molar-refractivity contribution in [1.29, 1.82) is 0 Å². The molecule has 33 heavy (non-hydrogen) atoms. The monoisotopic (exact) mass is 459 g/mol. The zero-order valence-electron chi connectivity index (χ0n) is 20.2. The lowest BCUT2D eigenvalue weighted by Crippen LogP contribution is -2.56. The molecule has 9 nitrogen and oxygen atoms in total. The van der Waals surface area contributed by atoms with Gasteiger partial charge in [0.05, 0.1) is 24.5 Å². The SMILES string of the molecule is CC1CC2(CO1)CC(NC(=O)[C@@H]1C[C@@H](O)CN1C(=O)[C@@H](n1cc(C3CC3)nn1)C(C)(C)C)C2. The molecule has 1 spiro atoms. The van der Waals surface area contributed by atoms with Crippen molar-refractivity contribution in [2.45, 2.75) is 102 Å². The molecule has 2 aliphatic carbocycles. The van der Waals surface area contributed by atoms with Crippen LogP contribution in [0, 0.1) is 10.8 Å². The predicted octanol–water partition coefficient (Wildman–Crippen LogP) is 1.78. The standard InChI is InChI=1S/C24H37N5O4/c1-14-8-24(13-33-14)9-16(10-24)25-21(31)19-7-17(30)11-28(19)22(32)20(23(2,3)4)29-12-18(26-27-29)15-5-6-15/h12,14-17,19-20,30H,5-11,13H2,1-4H3,(H,25,31)/t14?,16?,17-,19+,20-,24?/m1/s1. The minimum atomic E-state index is -0.708. The van der Waals surface area contributed by atoms with E-state index in [0.717, 1.165) is 44.4 Å². The molecule has 1 aromatic rings. The minimum absolute atomic E-state index is 0.107. The van der Waals surface area contributed by atoms with Gasteiger partial charge in [-0.05, 0) is 44.4 Å². The van der Waals surface area contributed by atoms with E-state index >= 15 is 0 Å². The molecule has 182 valence electrons. The number of carbonyl (C=O) groups excluding carboxylic acids is 2. The molecule has 0 aromatic carbocycles. The van der Waals surface area contributed by atoms with Crippen LogP contribution in [0.25, 0.3) is 0 Å². The van der Waals surface area contributed by atoms with Crippen LogP contribution in [0.4, 0.5) is 0 Å². The predicted molar refractivity (Wildman–Crippen MR) is 120 cm³/mol. The lowest BCUT2D eigenvalue weighted by molar-refractivity contribution is -0.144. The minimum Gasteiger partial charge on any atom is -0.391 e. The molecule has 2 N–H and O–H groups in total. The topological polar surface area (TPSA) is 110 Å². The van der Waals surface area contributed by atoms with E-state index in [4.69, 9.17) is 4.74 Å². The van der Waals surface area contributed by atoms with Crippen LogP contribution in [0.15, 0.2) is 6.20 Å². The molecule has 2 saturated heterocycles. The first-order valence-corrected chi connectivity index (χ1v) is 12.4. The summed E-state index contributed by atoms with van der Waals surface area (Å²) in [6, 6.07) is -1.16. The van der Waals surface area contributed by atoms with E-state index in [2.05, 4.69) is 22.6 Å². The summed E-state index contributed by atoms with van der Waals surface area (Å²) in [7, 11) is 0. The summed E-state index contributed by atoms with van der Waals surface area (Å²) in [5.74, 6) is 0.0896. The Labute approximate surface area is 195 Å². The van der Waals surface area contributed by atoms with Crippen LogP contribution in [0.3, 0.4) is 0 Å². The molecule has 0 radical (unpaired) electrons. The second-order valence-electron chi connectivity index (χ2n) is 12.0. The van der Waals surface area contributed by atoms with Gasteiger partial charge in [0, 0.05) is 36.5 Å². The van der Waals surface area contributed by atoms with Gasteiger partial charge in [-0.15, -0.1) is 5.10 Å². The largest absolute Gasteiger partial charge is 0.391 e. The first-order chi connectivity index (χ1) is 15.5. The Balaban J connectivity index is 1.28. The molecular weight excluding hydrogens is 422 g/mol. The first-order valence-electron chi connectivity index (χ1n) is 12.4. The van der Waals surface area contributed by atoms with Crippen molar-refractivity contribution >= 4 is 11.8 Å². The molecule has 4 fully saturated rings. The Kier molecular flexibility index (Phi) is 5.55. The number of hydrogen-bond acceptors (Lipinski definition) is 6. The van der Waals surface area contributed by atoms with Crippen molar-refractivity contribution in [2.75, 3.05) is 13.2 Å². The first kappa shape index (κ1) is 22.8. The average molecular weight is 460 g/mol. The Morgan fingerprint density at radius 1 is 1.27 bits per heavy atom. The number of β-amino-alcohol motifs (C(OH)–C–C–N with tert-alkyl or cyclic N) is 1. The number of nitrogens with one attached hydrogen (secondary N) is 1. The Bertz CT molecular complexity index is 914. The number of nitrogens with zero attached hydrogens (tertiary/aromatic N) is 4. The molecule has 9 heteroatoms. The molecule has 2 aliphatic heterocycles. The fraction of sp³-hybridized carbons (Fsp3) is 0.833. The number of aromatic nitrogens is 3. The third-order valence-corrected chi connectivity index (χ3v) is 7.81. The van der Waals surface area contributed by atoms with Crippen LogP contribution < -0.4 is 5.32 Å². The third-order valence-electron chi connectivity index (χ3n) is 7.81.